The fourth-order valence-electron chi connectivity index (χ4n) is 3.40. The molecule has 0 radical (unpaired) electrons. The van der Waals surface area contributed by atoms with E-state index in [4.69, 9.17) is 0 Å². The Labute approximate surface area is 160 Å². The lowest BCUT2D eigenvalue weighted by Crippen LogP contribution is -2.35. The summed E-state index contributed by atoms with van der Waals surface area (Å²) < 4.78 is 1.65. The lowest BCUT2D eigenvalue weighted by molar-refractivity contribution is 0.264. The number of nitrogens with one attached hydrogen (secondary N) is 1. The molecule has 0 amide bonds. The van der Waals surface area contributed by atoms with Gasteiger partial charge in [0.1, 0.15) is 5.65 Å². The van der Waals surface area contributed by atoms with E-state index in [9.17, 15) is 4.79 Å². The molecule has 0 aliphatic carbocycles. The van der Waals surface area contributed by atoms with Crippen LogP contribution in [0.25, 0.3) is 5.65 Å². The van der Waals surface area contributed by atoms with Crippen LogP contribution in [0.1, 0.15) is 36.8 Å². The SMILES string of the molecule is CCN(CC)C[C@@H](NCc1cc(=O)n2c(C)cccc2n1)c1ccccc1. The molecule has 0 aliphatic heterocycles. The number of aryl methyl sites for hydroxylation is 1. The standard InChI is InChI=1S/C22H28N4O/c1-4-25(5-2)16-20(18-11-7-6-8-12-18)23-15-19-14-22(27)26-17(3)10-9-13-21(26)24-19/h6-14,20,23H,4-5,15-16H2,1-3H3/t20-/m1/s1. The van der Waals surface area contributed by atoms with Crippen LogP contribution in [-0.2, 0) is 6.54 Å². The van der Waals surface area contributed by atoms with Gasteiger partial charge in [-0.2, -0.15) is 0 Å². The number of rotatable bonds is 8. The predicted molar refractivity (Wildman–Crippen MR) is 110 cm³/mol. The quantitative estimate of drug-likeness (QED) is 0.667. The molecular weight excluding hydrogens is 336 g/mol. The fraction of sp³-hybridized carbons (Fsp3) is 0.364. The molecule has 3 rings (SSSR count). The Morgan fingerprint density at radius 3 is 2.52 bits per heavy atom. The van der Waals surface area contributed by atoms with Crippen LogP contribution in [0.5, 0.6) is 0 Å². The molecule has 0 bridgehead atoms. The number of nitrogens with zero attached hydrogens (tertiary/aromatic N) is 3. The molecule has 5 heteroatoms. The van der Waals surface area contributed by atoms with Gasteiger partial charge in [0.2, 0.25) is 0 Å². The smallest absolute Gasteiger partial charge is 0.258 e. The van der Waals surface area contributed by atoms with E-state index in [1.54, 1.807) is 10.5 Å². The summed E-state index contributed by atoms with van der Waals surface area (Å²) in [6.07, 6.45) is 0. The van der Waals surface area contributed by atoms with Crippen molar-refractivity contribution in [3.63, 3.8) is 0 Å². The highest BCUT2D eigenvalue weighted by Crippen LogP contribution is 2.15. The maximum atomic E-state index is 12.5. The summed E-state index contributed by atoms with van der Waals surface area (Å²) in [6, 6.07) is 18.0. The first-order valence-corrected chi connectivity index (χ1v) is 9.61. The van der Waals surface area contributed by atoms with Crippen LogP contribution in [0, 0.1) is 6.92 Å². The zero-order valence-corrected chi connectivity index (χ0v) is 16.4. The average molecular weight is 364 g/mol. The van der Waals surface area contributed by atoms with Crippen LogP contribution in [0.2, 0.25) is 0 Å². The first-order valence-electron chi connectivity index (χ1n) is 9.61. The molecule has 2 aromatic heterocycles. The molecule has 0 aliphatic rings. The monoisotopic (exact) mass is 364 g/mol. The molecule has 1 aromatic carbocycles. The molecule has 1 atom stereocenters. The first kappa shape index (κ1) is 19.3. The van der Waals surface area contributed by atoms with Crippen LogP contribution >= 0.6 is 0 Å². The number of hydrogen-bond donors (Lipinski definition) is 1. The third-order valence-electron chi connectivity index (χ3n) is 5.00. The second-order valence-corrected chi connectivity index (χ2v) is 6.78. The number of aromatic nitrogens is 2. The van der Waals surface area contributed by atoms with E-state index in [1.165, 1.54) is 5.56 Å². The summed E-state index contributed by atoms with van der Waals surface area (Å²) in [6.45, 7) is 9.78. The average Bonchev–Trinajstić information content (AvgIpc) is 2.69. The number of hydrogen-bond acceptors (Lipinski definition) is 4. The summed E-state index contributed by atoms with van der Waals surface area (Å²) in [7, 11) is 0. The lowest BCUT2D eigenvalue weighted by atomic mass is 10.1. The minimum absolute atomic E-state index is 0.0325. The minimum Gasteiger partial charge on any atom is -0.303 e. The Bertz CT molecular complexity index is 932. The van der Waals surface area contributed by atoms with Gasteiger partial charge in [-0.3, -0.25) is 9.20 Å². The van der Waals surface area contributed by atoms with Gasteiger partial charge < -0.3 is 10.2 Å². The Hall–Kier alpha value is -2.50. The Kier molecular flexibility index (Phi) is 6.37. The van der Waals surface area contributed by atoms with E-state index in [0.717, 1.165) is 31.0 Å². The van der Waals surface area contributed by atoms with E-state index in [1.807, 2.05) is 31.2 Å². The van der Waals surface area contributed by atoms with Gasteiger partial charge in [-0.05, 0) is 37.7 Å². The summed E-state index contributed by atoms with van der Waals surface area (Å²) in [5.74, 6) is 0. The van der Waals surface area contributed by atoms with Crippen LogP contribution < -0.4 is 10.9 Å². The number of likely N-dealkylation sites (N-methyl/N-ethyl adjacent to an activating group) is 1. The first-order chi connectivity index (χ1) is 13.1. The molecule has 27 heavy (non-hydrogen) atoms. The summed E-state index contributed by atoms with van der Waals surface area (Å²) in [5.41, 5.74) is 3.58. The van der Waals surface area contributed by atoms with Gasteiger partial charge in [0.15, 0.2) is 0 Å². The van der Waals surface area contributed by atoms with Crippen molar-refractivity contribution in [3.05, 3.63) is 81.9 Å². The molecule has 1 N–H and O–H groups in total. The van der Waals surface area contributed by atoms with E-state index < -0.39 is 0 Å². The summed E-state index contributed by atoms with van der Waals surface area (Å²) in [5, 5.41) is 3.61. The predicted octanol–water partition coefficient (Wildman–Crippen LogP) is 3.18. The highest BCUT2D eigenvalue weighted by molar-refractivity contribution is 5.40. The number of pyridine rings is 1. The van der Waals surface area contributed by atoms with E-state index in [0.29, 0.717) is 12.2 Å². The Morgan fingerprint density at radius 1 is 1.07 bits per heavy atom. The Morgan fingerprint density at radius 2 is 1.81 bits per heavy atom. The van der Waals surface area contributed by atoms with Crippen LogP contribution in [0.4, 0.5) is 0 Å². The van der Waals surface area contributed by atoms with Crippen LogP contribution in [-0.4, -0.2) is 33.9 Å². The van der Waals surface area contributed by atoms with E-state index >= 15 is 0 Å². The molecule has 0 fully saturated rings. The van der Waals surface area contributed by atoms with Gasteiger partial charge in [0.05, 0.1) is 5.69 Å². The normalized spacial score (nSPS) is 12.6. The summed E-state index contributed by atoms with van der Waals surface area (Å²) in [4.78, 5) is 19.6. The lowest BCUT2D eigenvalue weighted by Gasteiger charge is -2.26. The Balaban J connectivity index is 1.83. The van der Waals surface area contributed by atoms with Gasteiger partial charge in [-0.1, -0.05) is 50.2 Å². The van der Waals surface area contributed by atoms with Crippen LogP contribution in [0.15, 0.2) is 59.4 Å². The van der Waals surface area contributed by atoms with Gasteiger partial charge in [-0.15, -0.1) is 0 Å². The van der Waals surface area contributed by atoms with Crippen molar-refractivity contribution in [2.45, 2.75) is 33.4 Å². The van der Waals surface area contributed by atoms with Crippen molar-refractivity contribution in [3.8, 4) is 0 Å². The van der Waals surface area contributed by atoms with Crippen molar-refractivity contribution >= 4 is 5.65 Å². The maximum absolute atomic E-state index is 12.5. The molecule has 142 valence electrons. The number of benzene rings is 1. The van der Waals surface area contributed by atoms with Crippen molar-refractivity contribution in [1.29, 1.82) is 0 Å². The summed E-state index contributed by atoms with van der Waals surface area (Å²) >= 11 is 0. The van der Waals surface area contributed by atoms with E-state index in [-0.39, 0.29) is 11.6 Å². The van der Waals surface area contributed by atoms with Crippen molar-refractivity contribution in [2.24, 2.45) is 0 Å². The highest BCUT2D eigenvalue weighted by Gasteiger charge is 2.15. The molecular formula is C22H28N4O. The second-order valence-electron chi connectivity index (χ2n) is 6.78. The second kappa shape index (κ2) is 8.93. The van der Waals surface area contributed by atoms with Gasteiger partial charge >= 0.3 is 0 Å². The molecule has 2 heterocycles. The van der Waals surface area contributed by atoms with Crippen molar-refractivity contribution in [2.75, 3.05) is 19.6 Å². The zero-order valence-electron chi connectivity index (χ0n) is 16.4. The maximum Gasteiger partial charge on any atom is 0.258 e. The molecule has 0 spiro atoms. The van der Waals surface area contributed by atoms with Gasteiger partial charge in [0.25, 0.3) is 5.56 Å². The molecule has 3 aromatic rings. The van der Waals surface area contributed by atoms with Crippen LogP contribution in [0.3, 0.4) is 0 Å². The fourth-order valence-corrected chi connectivity index (χ4v) is 3.40. The van der Waals surface area contributed by atoms with E-state index in [2.05, 4.69) is 53.3 Å². The molecule has 0 saturated heterocycles. The molecule has 0 saturated carbocycles. The highest BCUT2D eigenvalue weighted by atomic mass is 16.1. The third-order valence-corrected chi connectivity index (χ3v) is 5.00. The number of fused-ring (bicyclic) bond motifs is 1. The minimum atomic E-state index is -0.0325. The van der Waals surface area contributed by atoms with Gasteiger partial charge in [-0.25, -0.2) is 4.98 Å². The third kappa shape index (κ3) is 4.62. The topological polar surface area (TPSA) is 49.6 Å². The van der Waals surface area contributed by atoms with Crippen molar-refractivity contribution in [1.82, 2.24) is 19.6 Å². The largest absolute Gasteiger partial charge is 0.303 e. The molecule has 5 nitrogen and oxygen atoms in total. The molecule has 0 unspecified atom stereocenters. The zero-order chi connectivity index (χ0) is 19.2. The van der Waals surface area contributed by atoms with Crippen molar-refractivity contribution < 1.29 is 0 Å². The van der Waals surface area contributed by atoms with Gasteiger partial charge in [0, 0.05) is 30.9 Å².